The maximum atomic E-state index is 11.6. The van der Waals surface area contributed by atoms with Crippen molar-refractivity contribution in [2.45, 2.75) is 24.3 Å². The van der Waals surface area contributed by atoms with Gasteiger partial charge in [-0.25, -0.2) is 8.42 Å². The smallest absolute Gasteiger partial charge is 0.175 e. The van der Waals surface area contributed by atoms with Crippen LogP contribution in [0.1, 0.15) is 24.9 Å². The molecule has 2 aromatic rings. The van der Waals surface area contributed by atoms with Gasteiger partial charge in [0.05, 0.1) is 10.9 Å². The summed E-state index contributed by atoms with van der Waals surface area (Å²) in [7, 11) is -3.18. The van der Waals surface area contributed by atoms with Crippen molar-refractivity contribution in [2.24, 2.45) is 0 Å². The predicted molar refractivity (Wildman–Crippen MR) is 90.3 cm³/mol. The molecule has 0 fully saturated rings. The number of nitrogens with one attached hydrogen (secondary N) is 1. The first kappa shape index (κ1) is 16.0. The van der Waals surface area contributed by atoms with Crippen LogP contribution in [0.5, 0.6) is 0 Å². The zero-order valence-electron chi connectivity index (χ0n) is 12.0. The Bertz CT molecular complexity index is 711. The number of halogens is 1. The van der Waals surface area contributed by atoms with E-state index in [1.165, 1.54) is 11.8 Å². The maximum absolute atomic E-state index is 11.6. The topological polar surface area (TPSA) is 46.2 Å². The SMILES string of the molecule is CCC(Nc1cccc(S(C)(=O)=O)c1)c1ccc(Br)cc1. The minimum Gasteiger partial charge on any atom is -0.378 e. The van der Waals surface area contributed by atoms with Crippen molar-refractivity contribution in [2.75, 3.05) is 11.6 Å². The summed E-state index contributed by atoms with van der Waals surface area (Å²) in [6.45, 7) is 2.10. The van der Waals surface area contributed by atoms with Gasteiger partial charge in [0.25, 0.3) is 0 Å². The lowest BCUT2D eigenvalue weighted by Gasteiger charge is -2.19. The molecule has 2 aromatic carbocycles. The Morgan fingerprint density at radius 1 is 1.14 bits per heavy atom. The van der Waals surface area contributed by atoms with Gasteiger partial charge in [-0.2, -0.15) is 0 Å². The fourth-order valence-corrected chi connectivity index (χ4v) is 3.07. The second-order valence-electron chi connectivity index (χ2n) is 4.96. The second kappa shape index (κ2) is 6.62. The molecule has 0 heterocycles. The summed E-state index contributed by atoms with van der Waals surface area (Å²) in [4.78, 5) is 0.332. The molecule has 0 aliphatic rings. The van der Waals surface area contributed by atoms with Crippen LogP contribution in [0.2, 0.25) is 0 Å². The van der Waals surface area contributed by atoms with Gasteiger partial charge in [0.15, 0.2) is 9.84 Å². The van der Waals surface area contributed by atoms with Gasteiger partial charge in [0.2, 0.25) is 0 Å². The molecule has 0 aromatic heterocycles. The molecule has 0 saturated carbocycles. The summed E-state index contributed by atoms with van der Waals surface area (Å²) >= 11 is 3.43. The first-order chi connectivity index (χ1) is 9.90. The largest absolute Gasteiger partial charge is 0.378 e. The lowest BCUT2D eigenvalue weighted by Crippen LogP contribution is -2.10. The molecule has 5 heteroatoms. The van der Waals surface area contributed by atoms with Crippen LogP contribution in [0.25, 0.3) is 0 Å². The van der Waals surface area contributed by atoms with E-state index in [9.17, 15) is 8.42 Å². The summed E-state index contributed by atoms with van der Waals surface area (Å²) in [6.07, 6.45) is 2.13. The van der Waals surface area contributed by atoms with Crippen LogP contribution in [0, 0.1) is 0 Å². The van der Waals surface area contributed by atoms with Gasteiger partial charge in [-0.15, -0.1) is 0 Å². The minimum atomic E-state index is -3.18. The van der Waals surface area contributed by atoms with E-state index in [0.29, 0.717) is 4.90 Å². The number of hydrogen-bond donors (Lipinski definition) is 1. The molecule has 0 aliphatic heterocycles. The summed E-state index contributed by atoms with van der Waals surface area (Å²) in [5.41, 5.74) is 1.98. The monoisotopic (exact) mass is 367 g/mol. The Kier molecular flexibility index (Phi) is 5.06. The van der Waals surface area contributed by atoms with Crippen molar-refractivity contribution in [3.05, 3.63) is 58.6 Å². The van der Waals surface area contributed by atoms with Crippen molar-refractivity contribution < 1.29 is 8.42 Å². The maximum Gasteiger partial charge on any atom is 0.175 e. The van der Waals surface area contributed by atoms with E-state index in [2.05, 4.69) is 40.3 Å². The molecule has 1 N–H and O–H groups in total. The van der Waals surface area contributed by atoms with Crippen LogP contribution in [-0.2, 0) is 9.84 Å². The Morgan fingerprint density at radius 2 is 1.81 bits per heavy atom. The van der Waals surface area contributed by atoms with E-state index < -0.39 is 9.84 Å². The lowest BCUT2D eigenvalue weighted by molar-refractivity contribution is 0.602. The molecule has 0 radical (unpaired) electrons. The van der Waals surface area contributed by atoms with Crippen LogP contribution in [0.4, 0.5) is 5.69 Å². The first-order valence-corrected chi connectivity index (χ1v) is 9.40. The fraction of sp³-hybridized carbons (Fsp3) is 0.250. The number of anilines is 1. The summed E-state index contributed by atoms with van der Waals surface area (Å²) in [6, 6.07) is 15.2. The molecule has 2 rings (SSSR count). The van der Waals surface area contributed by atoms with Gasteiger partial charge in [0, 0.05) is 16.4 Å². The number of benzene rings is 2. The summed E-state index contributed by atoms with van der Waals surface area (Å²) in [5, 5.41) is 3.40. The van der Waals surface area contributed by atoms with E-state index in [4.69, 9.17) is 0 Å². The van der Waals surface area contributed by atoms with Gasteiger partial charge in [-0.05, 0) is 42.3 Å². The molecule has 0 bridgehead atoms. The Balaban J connectivity index is 2.25. The van der Waals surface area contributed by atoms with Crippen LogP contribution in [0.15, 0.2) is 57.9 Å². The molecular formula is C16H18BrNO2S. The van der Waals surface area contributed by atoms with Gasteiger partial charge in [0.1, 0.15) is 0 Å². The predicted octanol–water partition coefficient (Wildman–Crippen LogP) is 4.42. The third-order valence-corrected chi connectivity index (χ3v) is 4.92. The Labute approximate surface area is 134 Å². The molecule has 112 valence electrons. The van der Waals surface area contributed by atoms with Crippen LogP contribution in [0.3, 0.4) is 0 Å². The van der Waals surface area contributed by atoms with E-state index in [0.717, 1.165) is 16.6 Å². The zero-order valence-corrected chi connectivity index (χ0v) is 14.4. The minimum absolute atomic E-state index is 0.146. The number of sulfone groups is 1. The average molecular weight is 368 g/mol. The van der Waals surface area contributed by atoms with Gasteiger partial charge < -0.3 is 5.32 Å². The third kappa shape index (κ3) is 4.32. The highest BCUT2D eigenvalue weighted by molar-refractivity contribution is 9.10. The fourth-order valence-electron chi connectivity index (χ4n) is 2.13. The quantitative estimate of drug-likeness (QED) is 0.850. The molecule has 3 nitrogen and oxygen atoms in total. The zero-order chi connectivity index (χ0) is 15.5. The van der Waals surface area contributed by atoms with Gasteiger partial charge in [-0.1, -0.05) is 41.1 Å². The highest BCUT2D eigenvalue weighted by Gasteiger charge is 2.11. The second-order valence-corrected chi connectivity index (χ2v) is 7.89. The molecule has 1 unspecified atom stereocenters. The molecule has 21 heavy (non-hydrogen) atoms. The molecule has 0 saturated heterocycles. The van der Waals surface area contributed by atoms with Gasteiger partial charge in [-0.3, -0.25) is 0 Å². The highest BCUT2D eigenvalue weighted by Crippen LogP contribution is 2.25. The van der Waals surface area contributed by atoms with Crippen molar-refractivity contribution in [1.82, 2.24) is 0 Å². The van der Waals surface area contributed by atoms with Crippen molar-refractivity contribution in [1.29, 1.82) is 0 Å². The molecule has 0 amide bonds. The van der Waals surface area contributed by atoms with Crippen LogP contribution in [-0.4, -0.2) is 14.7 Å². The standard InChI is InChI=1S/C16H18BrNO2S/c1-3-16(12-7-9-13(17)10-8-12)18-14-5-4-6-15(11-14)21(2,19)20/h4-11,16,18H,3H2,1-2H3. The summed E-state index contributed by atoms with van der Waals surface area (Å²) < 4.78 is 24.3. The lowest BCUT2D eigenvalue weighted by atomic mass is 10.0. The number of rotatable bonds is 5. The highest BCUT2D eigenvalue weighted by atomic mass is 79.9. The van der Waals surface area contributed by atoms with E-state index in [1.54, 1.807) is 18.2 Å². The molecule has 0 aliphatic carbocycles. The number of hydrogen-bond acceptors (Lipinski definition) is 3. The van der Waals surface area contributed by atoms with E-state index >= 15 is 0 Å². The normalized spacial score (nSPS) is 12.9. The van der Waals surface area contributed by atoms with Crippen molar-refractivity contribution in [3.63, 3.8) is 0 Å². The first-order valence-electron chi connectivity index (χ1n) is 6.72. The van der Waals surface area contributed by atoms with E-state index in [1.807, 2.05) is 18.2 Å². The third-order valence-electron chi connectivity index (χ3n) is 3.28. The Morgan fingerprint density at radius 3 is 2.38 bits per heavy atom. The average Bonchev–Trinajstić information content (AvgIpc) is 2.45. The van der Waals surface area contributed by atoms with Gasteiger partial charge >= 0.3 is 0 Å². The Hall–Kier alpha value is -1.33. The molecular weight excluding hydrogens is 350 g/mol. The van der Waals surface area contributed by atoms with Crippen LogP contribution >= 0.6 is 15.9 Å². The van der Waals surface area contributed by atoms with Crippen molar-refractivity contribution in [3.8, 4) is 0 Å². The van der Waals surface area contributed by atoms with E-state index in [-0.39, 0.29) is 6.04 Å². The molecule has 1 atom stereocenters. The molecule has 0 spiro atoms. The summed E-state index contributed by atoms with van der Waals surface area (Å²) in [5.74, 6) is 0. The van der Waals surface area contributed by atoms with Crippen LogP contribution < -0.4 is 5.32 Å². The van der Waals surface area contributed by atoms with Crippen molar-refractivity contribution >= 4 is 31.5 Å².